The smallest absolute Gasteiger partial charge is 0.155 e. The Morgan fingerprint density at radius 3 is 0.703 bits per heavy atom. The Morgan fingerprint density at radius 1 is 0.264 bits per heavy atom. The number of aliphatic hydroxyl groups is 2. The van der Waals surface area contributed by atoms with E-state index < -0.39 is 0 Å². The van der Waals surface area contributed by atoms with E-state index in [2.05, 4.69) is 339 Å². The number of carbonyl (C=O) groups is 2. The molecule has 0 aliphatic carbocycles. The van der Waals surface area contributed by atoms with E-state index in [9.17, 15) is 9.59 Å². The van der Waals surface area contributed by atoms with Gasteiger partial charge in [0, 0.05) is 66.4 Å². The summed E-state index contributed by atoms with van der Waals surface area (Å²) in [5.74, 6) is 11.6. The second kappa shape index (κ2) is 136. The highest BCUT2D eigenvalue weighted by molar-refractivity contribution is 5.76. The van der Waals surface area contributed by atoms with Gasteiger partial charge in [0.05, 0.1) is 111 Å². The van der Waals surface area contributed by atoms with Crippen LogP contribution in [0.2, 0.25) is 0 Å². The first-order chi connectivity index (χ1) is 65.6. The number of hydrogen-bond donors (Lipinski definition) is 2. The third-order valence-corrected chi connectivity index (χ3v) is 19.3. The number of rotatable bonds is 65. The summed E-state index contributed by atoms with van der Waals surface area (Å²) in [5.41, 5.74) is 0.297. The van der Waals surface area contributed by atoms with Crippen molar-refractivity contribution in [1.29, 1.82) is 0 Å². The molecule has 0 bridgehead atoms. The molecule has 14 atom stereocenters. The van der Waals surface area contributed by atoms with Crippen LogP contribution >= 0.6 is 0 Å². The maximum Gasteiger partial charge on any atom is 0.155 e. The molecule has 2 N–H and O–H groups in total. The minimum absolute atomic E-state index is 0. The summed E-state index contributed by atoms with van der Waals surface area (Å²) in [6.07, 6.45) is 28.8. The molecule has 920 valence electrons. The van der Waals surface area contributed by atoms with Crippen LogP contribution in [-0.2, 0) is 71.2 Å². The van der Waals surface area contributed by atoms with Crippen molar-refractivity contribution in [2.24, 2.45) is 100 Å². The largest absolute Gasteiger partial charge is 0.393 e. The lowest BCUT2D eigenvalue weighted by Gasteiger charge is -2.22. The first kappa shape index (κ1) is 191. The van der Waals surface area contributed by atoms with Gasteiger partial charge in [0.1, 0.15) is 12.4 Å². The number of carbonyl (C=O) groups excluding carboxylic acids is 2. The van der Waals surface area contributed by atoms with Gasteiger partial charge in [-0.3, -0.25) is 4.79 Å². The van der Waals surface area contributed by atoms with Gasteiger partial charge in [-0.25, -0.2) is 0 Å². The minimum atomic E-state index is -0.343. The Bertz CT molecular complexity index is 2250. The fourth-order valence-electron chi connectivity index (χ4n) is 14.3. The van der Waals surface area contributed by atoms with Crippen LogP contribution in [-0.4, -0.2) is 200 Å². The van der Waals surface area contributed by atoms with Gasteiger partial charge in [-0.05, 0) is 341 Å². The highest BCUT2D eigenvalue weighted by Gasteiger charge is 2.17. The summed E-state index contributed by atoms with van der Waals surface area (Å²) in [7, 11) is 1.72. The third-order valence-electron chi connectivity index (χ3n) is 19.3. The molecule has 0 saturated heterocycles. The molecule has 0 unspecified atom stereocenters. The number of aliphatic hydroxyl groups excluding tert-OH is 2. The third kappa shape index (κ3) is 239. The molecule has 0 spiro atoms. The van der Waals surface area contributed by atoms with Crippen molar-refractivity contribution >= 4 is 11.6 Å². The van der Waals surface area contributed by atoms with Crippen molar-refractivity contribution in [3.05, 3.63) is 12.7 Å². The predicted molar refractivity (Wildman–Crippen MR) is 668 cm³/mol. The van der Waals surface area contributed by atoms with Crippen LogP contribution in [0.15, 0.2) is 12.7 Å². The van der Waals surface area contributed by atoms with Crippen molar-refractivity contribution in [2.45, 2.75) is 652 Å². The van der Waals surface area contributed by atoms with Crippen molar-refractivity contribution in [2.75, 3.05) is 86.4 Å². The van der Waals surface area contributed by atoms with Gasteiger partial charge in [-0.1, -0.05) is 319 Å². The molecule has 0 fully saturated rings. The standard InChI is InChI=1S/C11H24O.C10H22O2.4C10H22O.C9H20O2.C9H18O2.2C9H20O.C9H18O.C8H18O.C6H14O.C6H12O.5CH4/c1-9(2)7-10(3)12-8-11(4,5)6;1-9(2)8-10(3)12-7-5-6-11-4;2*1-8(2)6-10(5)11-7-9(3)4;2*1-5-6-7-11-10(4)8-9(2)3;2*1-7(2)5-9(4)11-6-8(3)10;1-7(2)6-9(5)10-8(3)4;2*1-5-6-10-9(4)7-8(2)3;1-5-9-8(4)6-7(2)3;2*1-5(2)4-6(3)7;;;;;/h9-10H,7-8H2,1-6H3;9-10H,5-8H2,1-4H3;2*8-10H,6-7H2,1-5H3;2*9-10H,5-8H2,1-4H3;7-10H,5-6H2,1-4H3;7,9H,5-6H2,1-4H3;7-9H,6H2,1-5H3;8-9H,5-7H2,1-4H3;5,8-9H,1,6-7H2,2-4H3;7-8H,5-6H2,1-4H3;5-7H,4H2,1-3H3;5H,4H2,1-3H3;5*1H4/t6*10-;8-,9-;4*9-;8-;6-;;;;;;/m1111111111111....../s1. The fraction of sp³-hybridized carbons (Fsp3) is 0.969. The van der Waals surface area contributed by atoms with Gasteiger partial charge in [-0.2, -0.15) is 0 Å². The predicted octanol–water partition coefficient (Wildman–Crippen LogP) is 39.5. The van der Waals surface area contributed by atoms with Crippen LogP contribution in [0, 0.1) is 100 Å². The first-order valence-electron chi connectivity index (χ1n) is 58.5. The second-order valence-electron chi connectivity index (χ2n) is 49.4. The lowest BCUT2D eigenvalue weighted by Crippen LogP contribution is -2.20. The maximum absolute atomic E-state index is 10.5. The zero-order valence-corrected chi connectivity index (χ0v) is 108. The van der Waals surface area contributed by atoms with Crippen molar-refractivity contribution in [3.8, 4) is 0 Å². The van der Waals surface area contributed by atoms with E-state index in [-0.39, 0.29) is 79.7 Å². The first-order valence-corrected chi connectivity index (χ1v) is 58.5. The van der Waals surface area contributed by atoms with Gasteiger partial charge in [-0.15, -0.1) is 6.58 Å². The number of Topliss-reactive ketones (excluding diaryl/α,β-unsaturated/α-hetero) is 2. The molecule has 17 nitrogen and oxygen atoms in total. The molecule has 17 heteroatoms. The van der Waals surface area contributed by atoms with Crippen LogP contribution in [0.25, 0.3) is 0 Å². The average Bonchev–Trinajstić information content (AvgIpc) is 0.954. The molecule has 148 heavy (non-hydrogen) atoms. The molecule has 0 aliphatic heterocycles. The quantitative estimate of drug-likeness (QED) is 0.0431. The summed E-state index contributed by atoms with van der Waals surface area (Å²) in [4.78, 5) is 20.8. The highest BCUT2D eigenvalue weighted by atomic mass is 16.5. The van der Waals surface area contributed by atoms with Gasteiger partial charge in [0.25, 0.3) is 0 Å². The number of unbranched alkanes of at least 4 members (excludes halogenated alkanes) is 2. The summed E-state index contributed by atoms with van der Waals surface area (Å²) in [6.45, 7) is 135. The van der Waals surface area contributed by atoms with E-state index in [1.54, 1.807) is 34.0 Å². The topological polar surface area (TPSA) is 195 Å². The molecule has 0 rings (SSSR count). The average molecular weight is 2140 g/mol. The zero-order chi connectivity index (χ0) is 115. The molecule has 0 amide bonds. The molecule has 0 aromatic heterocycles. The minimum Gasteiger partial charge on any atom is -0.393 e. The summed E-state index contributed by atoms with van der Waals surface area (Å²) in [6, 6.07) is 0. The van der Waals surface area contributed by atoms with Crippen LogP contribution in [0.5, 0.6) is 0 Å². The summed E-state index contributed by atoms with van der Waals surface area (Å²) >= 11 is 0. The van der Waals surface area contributed by atoms with Crippen LogP contribution < -0.4 is 0 Å². The summed E-state index contributed by atoms with van der Waals surface area (Å²) in [5, 5.41) is 17.6. The Labute approximate surface area is 938 Å². The maximum atomic E-state index is 10.5. The van der Waals surface area contributed by atoms with Crippen molar-refractivity contribution in [1.82, 2.24) is 0 Å². The van der Waals surface area contributed by atoms with E-state index in [0.717, 1.165) is 183 Å². The molecule has 0 aliphatic rings. The van der Waals surface area contributed by atoms with Crippen LogP contribution in [0.4, 0.5) is 0 Å². The highest BCUT2D eigenvalue weighted by Crippen LogP contribution is 2.20. The zero-order valence-electron chi connectivity index (χ0n) is 108. The van der Waals surface area contributed by atoms with Crippen molar-refractivity contribution < 1.29 is 81.4 Å². The van der Waals surface area contributed by atoms with Gasteiger partial charge < -0.3 is 76.6 Å². The van der Waals surface area contributed by atoms with Crippen LogP contribution in [0.1, 0.15) is 560 Å². The molecular weight excluding hydrogens is 1850 g/mol. The molecule has 0 aromatic rings. The molecule has 0 radical (unpaired) electrons. The summed E-state index contributed by atoms with van der Waals surface area (Å²) < 4.78 is 71.1. The fourth-order valence-corrected chi connectivity index (χ4v) is 14.3. The van der Waals surface area contributed by atoms with E-state index >= 15 is 0 Å². The van der Waals surface area contributed by atoms with E-state index in [4.69, 9.17) is 71.8 Å². The van der Waals surface area contributed by atoms with E-state index in [1.165, 1.54) is 64.2 Å². The Morgan fingerprint density at radius 2 is 0.507 bits per heavy atom. The number of hydrogen-bond acceptors (Lipinski definition) is 17. The molecule has 0 aromatic carbocycles. The molecule has 0 heterocycles. The van der Waals surface area contributed by atoms with E-state index in [0.29, 0.717) is 121 Å². The van der Waals surface area contributed by atoms with Gasteiger partial charge in [0.2, 0.25) is 0 Å². The molecular formula is C131H294O17. The monoisotopic (exact) mass is 2140 g/mol. The SMILES string of the molecule is C.C.C.C.C.C=CCO[C@H](C)CC(C)C.CC(=O)CC(C)C.CC(=O)CO[C@H](C)CC(C)C.CC(C)CO[C@H](C)CC(C)C.CC(C)CO[C@H](C)CC(C)C.CC(C)C[C@@H](C)O.CC(C)C[C@@H](C)OC(C)C.CC(C)C[C@@H](C)OCC(C)(C)C.CC(C)C[C@@H](C)OC[C@@H](C)O.CCCCO[C@H](C)CC(C)C.CCCCO[C@H](C)CC(C)C.CCCO[C@H](C)CC(C)C.CCO[C@H](C)CC(C)C.COCCCO[C@H](C)CC(C)C. The van der Waals surface area contributed by atoms with Crippen LogP contribution in [0.3, 0.4) is 0 Å². The number of ether oxygens (including phenoxy) is 13. The number of ketones is 2. The Balaban J connectivity index is -0.0000000712. The number of methoxy groups -OCH3 is 1. The Hall–Kier alpha value is -1.52. The van der Waals surface area contributed by atoms with E-state index in [1.807, 2.05) is 41.5 Å². The lowest BCUT2D eigenvalue weighted by atomic mass is 9.98. The van der Waals surface area contributed by atoms with Gasteiger partial charge >= 0.3 is 0 Å². The lowest BCUT2D eigenvalue weighted by molar-refractivity contribution is -0.123. The second-order valence-corrected chi connectivity index (χ2v) is 49.4. The Kier molecular flexibility index (Phi) is 175. The molecule has 0 saturated carbocycles. The van der Waals surface area contributed by atoms with Gasteiger partial charge in [0.15, 0.2) is 5.78 Å². The normalized spacial score (nSPS) is 13.7. The van der Waals surface area contributed by atoms with Crippen molar-refractivity contribution in [3.63, 3.8) is 0 Å².